The summed E-state index contributed by atoms with van der Waals surface area (Å²) < 4.78 is 13.1. The fraction of sp³-hybridized carbons (Fsp3) is 0.294. The lowest BCUT2D eigenvalue weighted by atomic mass is 10.1. The molecule has 0 amide bonds. The molecule has 0 bridgehead atoms. The van der Waals surface area contributed by atoms with Gasteiger partial charge in [-0.3, -0.25) is 4.68 Å². The van der Waals surface area contributed by atoms with Gasteiger partial charge in [-0.1, -0.05) is 11.6 Å². The van der Waals surface area contributed by atoms with Gasteiger partial charge in [0.1, 0.15) is 13.2 Å². The van der Waals surface area contributed by atoms with Gasteiger partial charge in [0.15, 0.2) is 11.5 Å². The van der Waals surface area contributed by atoms with Crippen LogP contribution in [-0.4, -0.2) is 28.0 Å². The second-order valence-corrected chi connectivity index (χ2v) is 7.06. The lowest BCUT2D eigenvalue weighted by Gasteiger charge is -2.18. The van der Waals surface area contributed by atoms with Gasteiger partial charge >= 0.3 is 0 Å². The van der Waals surface area contributed by atoms with Crippen molar-refractivity contribution in [2.75, 3.05) is 13.2 Å². The van der Waals surface area contributed by atoms with Gasteiger partial charge in [-0.2, -0.15) is 5.10 Å². The van der Waals surface area contributed by atoms with Crippen LogP contribution in [0.5, 0.6) is 11.5 Å². The van der Waals surface area contributed by atoms with E-state index in [4.69, 9.17) is 26.1 Å². The fourth-order valence-electron chi connectivity index (χ4n) is 2.64. The number of ether oxygens (including phenoxy) is 2. The quantitative estimate of drug-likeness (QED) is 0.697. The SMILES string of the molecule is CC(Cc1nc(-c2ccc3c(c2)OCCO3)cs1)n1cc(Cl)cn1. The van der Waals surface area contributed by atoms with Gasteiger partial charge in [-0.05, 0) is 25.1 Å². The number of rotatable bonds is 4. The summed E-state index contributed by atoms with van der Waals surface area (Å²) in [6, 6.07) is 6.15. The van der Waals surface area contributed by atoms with Crippen LogP contribution in [0.2, 0.25) is 5.02 Å². The van der Waals surface area contributed by atoms with E-state index >= 15 is 0 Å². The van der Waals surface area contributed by atoms with Crippen LogP contribution in [0.1, 0.15) is 18.0 Å². The van der Waals surface area contributed by atoms with Crippen molar-refractivity contribution in [2.24, 2.45) is 0 Å². The number of thiazole rings is 1. The predicted octanol–water partition coefficient (Wildman–Crippen LogP) is 4.23. The number of nitrogens with zero attached hydrogens (tertiary/aromatic N) is 3. The zero-order valence-corrected chi connectivity index (χ0v) is 14.7. The lowest BCUT2D eigenvalue weighted by Crippen LogP contribution is -2.15. The number of benzene rings is 1. The van der Waals surface area contributed by atoms with E-state index in [9.17, 15) is 0 Å². The molecule has 2 aromatic heterocycles. The number of hydrogen-bond donors (Lipinski definition) is 0. The Labute approximate surface area is 148 Å². The van der Waals surface area contributed by atoms with E-state index in [0.717, 1.165) is 34.2 Å². The Morgan fingerprint density at radius 2 is 2.12 bits per heavy atom. The third-order valence-electron chi connectivity index (χ3n) is 3.88. The van der Waals surface area contributed by atoms with Crippen LogP contribution in [0.3, 0.4) is 0 Å². The third kappa shape index (κ3) is 3.12. The maximum Gasteiger partial charge on any atom is 0.162 e. The molecular formula is C17H16ClN3O2S. The van der Waals surface area contributed by atoms with Gasteiger partial charge in [0.05, 0.1) is 28.0 Å². The van der Waals surface area contributed by atoms with Crippen molar-refractivity contribution in [3.8, 4) is 22.8 Å². The number of halogens is 1. The van der Waals surface area contributed by atoms with Crippen molar-refractivity contribution >= 4 is 22.9 Å². The monoisotopic (exact) mass is 361 g/mol. The number of hydrogen-bond acceptors (Lipinski definition) is 5. The van der Waals surface area contributed by atoms with Crippen molar-refractivity contribution in [1.82, 2.24) is 14.8 Å². The molecule has 24 heavy (non-hydrogen) atoms. The first-order valence-electron chi connectivity index (χ1n) is 7.73. The molecule has 1 unspecified atom stereocenters. The Kier molecular flexibility index (Phi) is 4.16. The minimum atomic E-state index is 0.205. The second kappa shape index (κ2) is 6.45. The summed E-state index contributed by atoms with van der Waals surface area (Å²) >= 11 is 7.59. The smallest absolute Gasteiger partial charge is 0.162 e. The zero-order chi connectivity index (χ0) is 16.5. The van der Waals surface area contributed by atoms with Crippen LogP contribution in [0, 0.1) is 0 Å². The first-order chi connectivity index (χ1) is 11.7. The first kappa shape index (κ1) is 15.5. The van der Waals surface area contributed by atoms with E-state index in [1.165, 1.54) is 0 Å². The molecule has 1 aliphatic heterocycles. The Morgan fingerprint density at radius 1 is 1.29 bits per heavy atom. The standard InChI is InChI=1S/C17H16ClN3O2S/c1-11(21-9-13(18)8-19-21)6-17-20-14(10-24-17)12-2-3-15-16(7-12)23-5-4-22-15/h2-3,7-11H,4-6H2,1H3. The molecule has 3 aromatic rings. The highest BCUT2D eigenvalue weighted by Crippen LogP contribution is 2.35. The van der Waals surface area contributed by atoms with Gasteiger partial charge in [-0.15, -0.1) is 11.3 Å². The molecule has 1 aliphatic rings. The minimum Gasteiger partial charge on any atom is -0.486 e. The summed E-state index contributed by atoms with van der Waals surface area (Å²) in [7, 11) is 0. The van der Waals surface area contributed by atoms with Gasteiger partial charge in [0, 0.05) is 23.6 Å². The van der Waals surface area contributed by atoms with Crippen LogP contribution >= 0.6 is 22.9 Å². The number of fused-ring (bicyclic) bond motifs is 1. The molecule has 0 fully saturated rings. The van der Waals surface area contributed by atoms with Gasteiger partial charge in [0.2, 0.25) is 0 Å². The van der Waals surface area contributed by atoms with Gasteiger partial charge in [0.25, 0.3) is 0 Å². The highest BCUT2D eigenvalue weighted by atomic mass is 35.5. The van der Waals surface area contributed by atoms with Crippen LogP contribution in [0.25, 0.3) is 11.3 Å². The normalized spacial score (nSPS) is 14.6. The molecule has 0 aliphatic carbocycles. The topological polar surface area (TPSA) is 49.2 Å². The third-order valence-corrected chi connectivity index (χ3v) is 4.95. The molecule has 4 rings (SSSR count). The van der Waals surface area contributed by atoms with E-state index in [0.29, 0.717) is 18.2 Å². The van der Waals surface area contributed by atoms with Crippen molar-refractivity contribution < 1.29 is 9.47 Å². The molecular weight excluding hydrogens is 346 g/mol. The molecule has 0 saturated heterocycles. The Bertz CT molecular complexity index is 861. The van der Waals surface area contributed by atoms with Crippen molar-refractivity contribution in [2.45, 2.75) is 19.4 Å². The molecule has 0 radical (unpaired) electrons. The minimum absolute atomic E-state index is 0.205. The van der Waals surface area contributed by atoms with Gasteiger partial charge in [-0.25, -0.2) is 4.98 Å². The molecule has 3 heterocycles. The molecule has 1 atom stereocenters. The highest BCUT2D eigenvalue weighted by molar-refractivity contribution is 7.09. The molecule has 1 aromatic carbocycles. The van der Waals surface area contributed by atoms with E-state index in [-0.39, 0.29) is 6.04 Å². The molecule has 7 heteroatoms. The van der Waals surface area contributed by atoms with Crippen LogP contribution < -0.4 is 9.47 Å². The van der Waals surface area contributed by atoms with Crippen molar-refractivity contribution in [1.29, 1.82) is 0 Å². The second-order valence-electron chi connectivity index (χ2n) is 5.68. The summed E-state index contributed by atoms with van der Waals surface area (Å²) in [5, 5.41) is 8.05. The first-order valence-corrected chi connectivity index (χ1v) is 8.99. The fourth-order valence-corrected chi connectivity index (χ4v) is 3.71. The Balaban J connectivity index is 1.52. The zero-order valence-electron chi connectivity index (χ0n) is 13.1. The summed E-state index contributed by atoms with van der Waals surface area (Å²) in [4.78, 5) is 4.75. The van der Waals surface area contributed by atoms with Gasteiger partial charge < -0.3 is 9.47 Å². The molecule has 0 saturated carbocycles. The Morgan fingerprint density at radius 3 is 2.92 bits per heavy atom. The van der Waals surface area contributed by atoms with E-state index < -0.39 is 0 Å². The summed E-state index contributed by atoms with van der Waals surface area (Å²) in [5.41, 5.74) is 1.99. The van der Waals surface area contributed by atoms with Crippen molar-refractivity contribution in [3.05, 3.63) is 46.0 Å². The van der Waals surface area contributed by atoms with E-state index in [2.05, 4.69) is 17.4 Å². The molecule has 0 spiro atoms. The lowest BCUT2D eigenvalue weighted by molar-refractivity contribution is 0.171. The number of aromatic nitrogens is 3. The predicted molar refractivity (Wildman–Crippen MR) is 94.2 cm³/mol. The Hall–Kier alpha value is -2.05. The average Bonchev–Trinajstić information content (AvgIpc) is 3.23. The molecule has 5 nitrogen and oxygen atoms in total. The highest BCUT2D eigenvalue weighted by Gasteiger charge is 2.15. The average molecular weight is 362 g/mol. The van der Waals surface area contributed by atoms with Crippen LogP contribution in [0.15, 0.2) is 36.0 Å². The summed E-state index contributed by atoms with van der Waals surface area (Å²) in [6.07, 6.45) is 4.30. The summed E-state index contributed by atoms with van der Waals surface area (Å²) in [5.74, 6) is 1.58. The largest absolute Gasteiger partial charge is 0.486 e. The maximum atomic E-state index is 5.93. The van der Waals surface area contributed by atoms with E-state index in [1.807, 2.05) is 29.1 Å². The van der Waals surface area contributed by atoms with Crippen molar-refractivity contribution in [3.63, 3.8) is 0 Å². The van der Waals surface area contributed by atoms with Crippen LogP contribution in [-0.2, 0) is 6.42 Å². The molecule has 124 valence electrons. The van der Waals surface area contributed by atoms with E-state index in [1.54, 1.807) is 17.5 Å². The molecule has 0 N–H and O–H groups in total. The maximum absolute atomic E-state index is 5.93. The van der Waals surface area contributed by atoms with Crippen LogP contribution in [0.4, 0.5) is 0 Å². The summed E-state index contributed by atoms with van der Waals surface area (Å²) in [6.45, 7) is 3.29.